The van der Waals surface area contributed by atoms with Crippen LogP contribution < -0.4 is 5.32 Å². The molecule has 2 nitrogen and oxygen atoms in total. The highest BCUT2D eigenvalue weighted by Crippen LogP contribution is 2.16. The molecule has 3 heteroatoms. The summed E-state index contributed by atoms with van der Waals surface area (Å²) in [6, 6.07) is 8.14. The largest absolute Gasteiger partial charge is 0.377 e. The monoisotopic (exact) mass is 257 g/mol. The van der Waals surface area contributed by atoms with Gasteiger partial charge in [0.1, 0.15) is 0 Å². The van der Waals surface area contributed by atoms with Crippen LogP contribution in [-0.2, 0) is 11.3 Å². The van der Waals surface area contributed by atoms with Crippen molar-refractivity contribution in [1.29, 1.82) is 0 Å². The van der Waals surface area contributed by atoms with Crippen molar-refractivity contribution in [3.63, 3.8) is 0 Å². The topological polar surface area (TPSA) is 21.3 Å². The normalized spacial score (nSPS) is 10.4. The van der Waals surface area contributed by atoms with E-state index in [9.17, 15) is 0 Å². The molecule has 0 amide bonds. The van der Waals surface area contributed by atoms with E-state index in [1.807, 2.05) is 25.2 Å². The highest BCUT2D eigenvalue weighted by Gasteiger charge is 1.97. The number of nitrogens with one attached hydrogen (secondary N) is 1. The van der Waals surface area contributed by atoms with Crippen LogP contribution in [0.1, 0.15) is 12.0 Å². The van der Waals surface area contributed by atoms with Crippen LogP contribution in [0.15, 0.2) is 28.7 Å². The molecule has 0 atom stereocenters. The first-order valence-corrected chi connectivity index (χ1v) is 5.59. The van der Waals surface area contributed by atoms with E-state index >= 15 is 0 Å². The van der Waals surface area contributed by atoms with E-state index in [0.717, 1.165) is 24.0 Å². The summed E-state index contributed by atoms with van der Waals surface area (Å²) in [5, 5.41) is 3.09. The summed E-state index contributed by atoms with van der Waals surface area (Å²) in [6.45, 7) is 2.50. The number of hydrogen-bond donors (Lipinski definition) is 1. The Kier molecular flexibility index (Phi) is 5.83. The van der Waals surface area contributed by atoms with Crippen LogP contribution in [0.5, 0.6) is 0 Å². The van der Waals surface area contributed by atoms with Crippen molar-refractivity contribution in [2.75, 3.05) is 20.2 Å². The van der Waals surface area contributed by atoms with Crippen molar-refractivity contribution in [2.45, 2.75) is 13.0 Å². The standard InChI is InChI=1S/C11H16BrNO/c1-13-7-4-8-14-9-10-5-2-3-6-11(10)12/h2-3,5-6,13H,4,7-9H2,1H3. The lowest BCUT2D eigenvalue weighted by Gasteiger charge is -2.05. The number of benzene rings is 1. The zero-order chi connectivity index (χ0) is 10.2. The van der Waals surface area contributed by atoms with E-state index in [1.165, 1.54) is 5.56 Å². The molecule has 1 rings (SSSR count). The Morgan fingerprint density at radius 1 is 1.36 bits per heavy atom. The predicted molar refractivity (Wildman–Crippen MR) is 62.3 cm³/mol. The van der Waals surface area contributed by atoms with Gasteiger partial charge in [-0.1, -0.05) is 34.1 Å². The van der Waals surface area contributed by atoms with E-state index in [-0.39, 0.29) is 0 Å². The van der Waals surface area contributed by atoms with Crippen molar-refractivity contribution >= 4 is 15.9 Å². The van der Waals surface area contributed by atoms with Crippen LogP contribution in [-0.4, -0.2) is 20.2 Å². The molecular weight excluding hydrogens is 242 g/mol. The third-order valence-electron chi connectivity index (χ3n) is 1.93. The van der Waals surface area contributed by atoms with Gasteiger partial charge in [0.15, 0.2) is 0 Å². The lowest BCUT2D eigenvalue weighted by Crippen LogP contribution is -2.10. The minimum atomic E-state index is 0.686. The van der Waals surface area contributed by atoms with Gasteiger partial charge in [0.05, 0.1) is 6.61 Å². The highest BCUT2D eigenvalue weighted by atomic mass is 79.9. The SMILES string of the molecule is CNCCCOCc1ccccc1Br. The molecule has 0 saturated heterocycles. The molecule has 0 bridgehead atoms. The molecule has 1 aromatic rings. The average Bonchev–Trinajstić information content (AvgIpc) is 2.20. The van der Waals surface area contributed by atoms with Gasteiger partial charge in [0, 0.05) is 11.1 Å². The number of ether oxygens (including phenoxy) is 1. The lowest BCUT2D eigenvalue weighted by molar-refractivity contribution is 0.118. The van der Waals surface area contributed by atoms with Crippen LogP contribution >= 0.6 is 15.9 Å². The maximum Gasteiger partial charge on any atom is 0.0727 e. The zero-order valence-corrected chi connectivity index (χ0v) is 10.0. The molecular formula is C11H16BrNO. The minimum Gasteiger partial charge on any atom is -0.377 e. The third kappa shape index (κ3) is 4.22. The molecule has 0 fully saturated rings. The van der Waals surface area contributed by atoms with Crippen LogP contribution in [0, 0.1) is 0 Å². The molecule has 0 radical (unpaired) electrons. The van der Waals surface area contributed by atoms with Crippen LogP contribution in [0.25, 0.3) is 0 Å². The fourth-order valence-corrected chi connectivity index (χ4v) is 1.55. The van der Waals surface area contributed by atoms with Gasteiger partial charge in [0.25, 0.3) is 0 Å². The number of hydrogen-bond acceptors (Lipinski definition) is 2. The molecule has 0 unspecified atom stereocenters. The zero-order valence-electron chi connectivity index (χ0n) is 8.42. The molecule has 78 valence electrons. The van der Waals surface area contributed by atoms with E-state index in [4.69, 9.17) is 4.74 Å². The van der Waals surface area contributed by atoms with Gasteiger partial charge in [-0.2, -0.15) is 0 Å². The van der Waals surface area contributed by atoms with Gasteiger partial charge in [-0.3, -0.25) is 0 Å². The molecule has 0 aliphatic carbocycles. The van der Waals surface area contributed by atoms with E-state index in [0.29, 0.717) is 6.61 Å². The summed E-state index contributed by atoms with van der Waals surface area (Å²) in [5.74, 6) is 0. The second kappa shape index (κ2) is 6.98. The highest BCUT2D eigenvalue weighted by molar-refractivity contribution is 9.10. The summed E-state index contributed by atoms with van der Waals surface area (Å²) in [4.78, 5) is 0. The Hall–Kier alpha value is -0.380. The van der Waals surface area contributed by atoms with Gasteiger partial charge in [-0.25, -0.2) is 0 Å². The van der Waals surface area contributed by atoms with Crippen LogP contribution in [0.4, 0.5) is 0 Å². The minimum absolute atomic E-state index is 0.686. The van der Waals surface area contributed by atoms with E-state index in [2.05, 4.69) is 27.3 Å². The smallest absolute Gasteiger partial charge is 0.0727 e. The second-order valence-corrected chi connectivity index (χ2v) is 3.96. The van der Waals surface area contributed by atoms with Crippen LogP contribution in [0.2, 0.25) is 0 Å². The van der Waals surface area contributed by atoms with Crippen molar-refractivity contribution in [2.24, 2.45) is 0 Å². The van der Waals surface area contributed by atoms with Gasteiger partial charge < -0.3 is 10.1 Å². The van der Waals surface area contributed by atoms with Crippen molar-refractivity contribution in [1.82, 2.24) is 5.32 Å². The lowest BCUT2D eigenvalue weighted by atomic mass is 10.2. The Bertz CT molecular complexity index is 265. The van der Waals surface area contributed by atoms with Gasteiger partial charge in [-0.15, -0.1) is 0 Å². The fraction of sp³-hybridized carbons (Fsp3) is 0.455. The maximum atomic E-state index is 5.53. The first kappa shape index (κ1) is 11.7. The molecule has 14 heavy (non-hydrogen) atoms. The second-order valence-electron chi connectivity index (χ2n) is 3.10. The Balaban J connectivity index is 2.21. The number of rotatable bonds is 6. The molecule has 0 spiro atoms. The quantitative estimate of drug-likeness (QED) is 0.792. The maximum absolute atomic E-state index is 5.53. The summed E-state index contributed by atoms with van der Waals surface area (Å²) in [6.07, 6.45) is 1.06. The number of halogens is 1. The van der Waals surface area contributed by atoms with Crippen molar-refractivity contribution < 1.29 is 4.74 Å². The predicted octanol–water partition coefficient (Wildman–Crippen LogP) is 2.58. The molecule has 1 aromatic carbocycles. The van der Waals surface area contributed by atoms with Crippen molar-refractivity contribution in [3.05, 3.63) is 34.3 Å². The molecule has 0 saturated carbocycles. The Labute approximate surface area is 93.8 Å². The van der Waals surface area contributed by atoms with Gasteiger partial charge in [-0.05, 0) is 31.6 Å². The summed E-state index contributed by atoms with van der Waals surface area (Å²) in [7, 11) is 1.95. The Morgan fingerprint density at radius 2 is 2.14 bits per heavy atom. The fourth-order valence-electron chi connectivity index (χ4n) is 1.15. The third-order valence-corrected chi connectivity index (χ3v) is 2.70. The van der Waals surface area contributed by atoms with Gasteiger partial charge >= 0.3 is 0 Å². The molecule has 0 heterocycles. The van der Waals surface area contributed by atoms with Crippen molar-refractivity contribution in [3.8, 4) is 0 Å². The van der Waals surface area contributed by atoms with Gasteiger partial charge in [0.2, 0.25) is 0 Å². The Morgan fingerprint density at radius 3 is 2.86 bits per heavy atom. The summed E-state index contributed by atoms with van der Waals surface area (Å²) < 4.78 is 6.65. The first-order valence-electron chi connectivity index (χ1n) is 4.80. The molecule has 0 aromatic heterocycles. The summed E-state index contributed by atoms with van der Waals surface area (Å²) in [5.41, 5.74) is 1.21. The summed E-state index contributed by atoms with van der Waals surface area (Å²) >= 11 is 3.49. The molecule has 0 aliphatic heterocycles. The first-order chi connectivity index (χ1) is 6.84. The average molecular weight is 258 g/mol. The molecule has 0 aliphatic rings. The van der Waals surface area contributed by atoms with E-state index in [1.54, 1.807) is 0 Å². The van der Waals surface area contributed by atoms with Crippen LogP contribution in [0.3, 0.4) is 0 Å². The molecule has 1 N–H and O–H groups in total. The van der Waals surface area contributed by atoms with E-state index < -0.39 is 0 Å².